The molecule has 0 radical (unpaired) electrons. The van der Waals surface area contributed by atoms with E-state index in [1.54, 1.807) is 0 Å². The Balaban J connectivity index is 2.38. The summed E-state index contributed by atoms with van der Waals surface area (Å²) < 4.78 is 0. The van der Waals surface area contributed by atoms with Crippen LogP contribution in [0.4, 0.5) is 0 Å². The maximum absolute atomic E-state index is 5.84. The highest BCUT2D eigenvalue weighted by atomic mass is 15.1. The van der Waals surface area contributed by atoms with Gasteiger partial charge >= 0.3 is 0 Å². The molecule has 1 heterocycles. The normalized spacial score (nSPS) is 36.3. The quantitative estimate of drug-likeness (QED) is 0.587. The molecule has 0 amide bonds. The third-order valence-corrected chi connectivity index (χ3v) is 2.52. The summed E-state index contributed by atoms with van der Waals surface area (Å²) in [5.74, 6) is 0. The van der Waals surface area contributed by atoms with Crippen LogP contribution in [0.5, 0.6) is 0 Å². The third-order valence-electron chi connectivity index (χ3n) is 2.52. The maximum atomic E-state index is 5.84. The van der Waals surface area contributed by atoms with Gasteiger partial charge in [-0.1, -0.05) is 6.92 Å². The van der Waals surface area contributed by atoms with Crippen molar-refractivity contribution in [1.29, 1.82) is 0 Å². The predicted molar refractivity (Wildman–Crippen MR) is 43.9 cm³/mol. The molecular weight excluding hydrogens is 124 g/mol. The van der Waals surface area contributed by atoms with Gasteiger partial charge in [-0.15, -0.1) is 0 Å². The van der Waals surface area contributed by atoms with Crippen LogP contribution in [0.3, 0.4) is 0 Å². The van der Waals surface area contributed by atoms with Crippen LogP contribution < -0.4 is 5.73 Å². The van der Waals surface area contributed by atoms with Gasteiger partial charge in [0.1, 0.15) is 0 Å². The van der Waals surface area contributed by atoms with Crippen molar-refractivity contribution in [1.82, 2.24) is 4.90 Å². The topological polar surface area (TPSA) is 29.3 Å². The van der Waals surface area contributed by atoms with E-state index in [0.29, 0.717) is 6.04 Å². The van der Waals surface area contributed by atoms with Gasteiger partial charge in [-0.25, -0.2) is 0 Å². The average Bonchev–Trinajstić information content (AvgIpc) is 1.94. The van der Waals surface area contributed by atoms with Crippen LogP contribution in [-0.2, 0) is 0 Å². The summed E-state index contributed by atoms with van der Waals surface area (Å²) in [4.78, 5) is 2.42. The number of rotatable bonds is 1. The number of piperidine rings is 1. The zero-order valence-electron chi connectivity index (χ0n) is 7.01. The van der Waals surface area contributed by atoms with Gasteiger partial charge in [0.15, 0.2) is 0 Å². The molecule has 0 aliphatic carbocycles. The van der Waals surface area contributed by atoms with E-state index in [1.807, 2.05) is 0 Å². The van der Waals surface area contributed by atoms with Gasteiger partial charge in [-0.05, 0) is 32.9 Å². The molecule has 0 spiro atoms. The molecule has 0 aromatic heterocycles. The molecule has 1 fully saturated rings. The lowest BCUT2D eigenvalue weighted by Crippen LogP contribution is -2.44. The van der Waals surface area contributed by atoms with Crippen LogP contribution in [0, 0.1) is 0 Å². The molecule has 2 N–H and O–H groups in total. The van der Waals surface area contributed by atoms with Crippen molar-refractivity contribution >= 4 is 0 Å². The van der Waals surface area contributed by atoms with Crippen LogP contribution in [0.15, 0.2) is 0 Å². The van der Waals surface area contributed by atoms with Crippen LogP contribution in [0.2, 0.25) is 0 Å². The van der Waals surface area contributed by atoms with E-state index < -0.39 is 0 Å². The summed E-state index contributed by atoms with van der Waals surface area (Å²) in [5.41, 5.74) is 5.84. The molecule has 0 saturated carbocycles. The lowest BCUT2D eigenvalue weighted by molar-refractivity contribution is 0.166. The fraction of sp³-hybridized carbons (Fsp3) is 1.00. The number of hydrogen-bond donors (Lipinski definition) is 1. The third kappa shape index (κ3) is 1.70. The van der Waals surface area contributed by atoms with Crippen molar-refractivity contribution in [3.8, 4) is 0 Å². The number of nitrogens with zero attached hydrogens (tertiary/aromatic N) is 1. The maximum Gasteiger partial charge on any atom is 0.0104 e. The molecule has 1 saturated heterocycles. The Kier molecular flexibility index (Phi) is 2.69. The van der Waals surface area contributed by atoms with Crippen molar-refractivity contribution in [2.24, 2.45) is 5.73 Å². The predicted octanol–water partition coefficient (Wildman–Crippen LogP) is 0.818. The van der Waals surface area contributed by atoms with E-state index in [9.17, 15) is 0 Å². The first-order valence-corrected chi connectivity index (χ1v) is 4.20. The van der Waals surface area contributed by atoms with Gasteiger partial charge in [-0.2, -0.15) is 0 Å². The summed E-state index contributed by atoms with van der Waals surface area (Å²) in [6.45, 7) is 3.42. The highest BCUT2D eigenvalue weighted by Gasteiger charge is 2.21. The van der Waals surface area contributed by atoms with Crippen LogP contribution in [0.1, 0.15) is 26.2 Å². The van der Waals surface area contributed by atoms with Gasteiger partial charge in [0, 0.05) is 12.1 Å². The van der Waals surface area contributed by atoms with Gasteiger partial charge < -0.3 is 10.6 Å². The zero-order valence-corrected chi connectivity index (χ0v) is 7.01. The zero-order chi connectivity index (χ0) is 7.56. The lowest BCUT2D eigenvalue weighted by Gasteiger charge is -2.34. The van der Waals surface area contributed by atoms with Gasteiger partial charge in [0.2, 0.25) is 0 Å². The molecule has 1 aliphatic heterocycles. The first-order valence-electron chi connectivity index (χ1n) is 4.20. The Morgan fingerprint density at radius 1 is 1.60 bits per heavy atom. The molecule has 2 atom stereocenters. The standard InChI is InChI=1S/C8H18N2/c1-3-8-6-7(9)4-5-10(8)2/h7-8H,3-6,9H2,1-2H3. The van der Waals surface area contributed by atoms with E-state index in [1.165, 1.54) is 25.8 Å². The van der Waals surface area contributed by atoms with Gasteiger partial charge in [-0.3, -0.25) is 0 Å². The van der Waals surface area contributed by atoms with E-state index in [4.69, 9.17) is 5.73 Å². The lowest BCUT2D eigenvalue weighted by atomic mass is 9.97. The minimum absolute atomic E-state index is 0.459. The largest absolute Gasteiger partial charge is 0.328 e. The minimum atomic E-state index is 0.459. The monoisotopic (exact) mass is 142 g/mol. The molecule has 10 heavy (non-hydrogen) atoms. The molecule has 60 valence electrons. The van der Waals surface area contributed by atoms with E-state index in [-0.39, 0.29) is 0 Å². The van der Waals surface area contributed by atoms with Crippen molar-refractivity contribution < 1.29 is 0 Å². The first-order chi connectivity index (χ1) is 4.74. The minimum Gasteiger partial charge on any atom is -0.328 e. The SMILES string of the molecule is CCC1CC(N)CCN1C. The Hall–Kier alpha value is -0.0800. The molecule has 0 aromatic carbocycles. The van der Waals surface area contributed by atoms with Gasteiger partial charge in [0.05, 0.1) is 0 Å². The number of hydrogen-bond acceptors (Lipinski definition) is 2. The molecule has 0 bridgehead atoms. The van der Waals surface area contributed by atoms with Gasteiger partial charge in [0.25, 0.3) is 0 Å². The summed E-state index contributed by atoms with van der Waals surface area (Å²) in [7, 11) is 2.19. The van der Waals surface area contributed by atoms with Crippen molar-refractivity contribution in [2.45, 2.75) is 38.3 Å². The molecular formula is C8H18N2. The first kappa shape index (κ1) is 8.02. The average molecular weight is 142 g/mol. The Morgan fingerprint density at radius 2 is 2.30 bits per heavy atom. The molecule has 0 aromatic rings. The second kappa shape index (κ2) is 3.35. The van der Waals surface area contributed by atoms with E-state index in [0.717, 1.165) is 6.04 Å². The fourth-order valence-electron chi connectivity index (χ4n) is 1.68. The molecule has 2 nitrogen and oxygen atoms in total. The number of nitrogens with two attached hydrogens (primary N) is 1. The second-order valence-electron chi connectivity index (χ2n) is 3.33. The van der Waals surface area contributed by atoms with Crippen LogP contribution in [0.25, 0.3) is 0 Å². The molecule has 2 heteroatoms. The highest BCUT2D eigenvalue weighted by molar-refractivity contribution is 4.80. The van der Waals surface area contributed by atoms with Crippen molar-refractivity contribution in [2.75, 3.05) is 13.6 Å². The van der Waals surface area contributed by atoms with E-state index >= 15 is 0 Å². The molecule has 1 rings (SSSR count). The second-order valence-corrected chi connectivity index (χ2v) is 3.33. The Bertz CT molecular complexity index is 103. The molecule has 2 unspecified atom stereocenters. The Morgan fingerprint density at radius 3 is 2.80 bits per heavy atom. The smallest absolute Gasteiger partial charge is 0.0104 e. The van der Waals surface area contributed by atoms with Crippen LogP contribution >= 0.6 is 0 Å². The fourth-order valence-corrected chi connectivity index (χ4v) is 1.68. The highest BCUT2D eigenvalue weighted by Crippen LogP contribution is 2.16. The summed E-state index contributed by atoms with van der Waals surface area (Å²) in [6.07, 6.45) is 3.60. The van der Waals surface area contributed by atoms with E-state index in [2.05, 4.69) is 18.9 Å². The summed E-state index contributed by atoms with van der Waals surface area (Å²) in [6, 6.07) is 1.20. The summed E-state index contributed by atoms with van der Waals surface area (Å²) >= 11 is 0. The van der Waals surface area contributed by atoms with Crippen molar-refractivity contribution in [3.63, 3.8) is 0 Å². The summed E-state index contributed by atoms with van der Waals surface area (Å²) in [5, 5.41) is 0. The van der Waals surface area contributed by atoms with Crippen LogP contribution in [-0.4, -0.2) is 30.6 Å². The Labute approximate surface area is 63.4 Å². The molecule has 1 aliphatic rings. The number of likely N-dealkylation sites (tertiary alicyclic amines) is 1. The van der Waals surface area contributed by atoms with Crippen molar-refractivity contribution in [3.05, 3.63) is 0 Å².